The number of benzene rings is 1. The molecule has 0 radical (unpaired) electrons. The number of anilines is 1. The lowest BCUT2D eigenvalue weighted by Crippen LogP contribution is -2.33. The molecule has 2 aliphatic rings. The van der Waals surface area contributed by atoms with Gasteiger partial charge in [-0.2, -0.15) is 0 Å². The van der Waals surface area contributed by atoms with Crippen LogP contribution < -0.4 is 10.6 Å². The minimum absolute atomic E-state index is 0.0183. The fourth-order valence-corrected chi connectivity index (χ4v) is 5.44. The first-order valence-corrected chi connectivity index (χ1v) is 12.1. The topological polar surface area (TPSA) is 62.2 Å². The molecule has 1 aromatic carbocycles. The number of para-hydroxylation sites is 1. The summed E-state index contributed by atoms with van der Waals surface area (Å²) in [6, 6.07) is 20.3. The van der Waals surface area contributed by atoms with Crippen LogP contribution in [-0.4, -0.2) is 32.0 Å². The summed E-state index contributed by atoms with van der Waals surface area (Å²) >= 11 is 5.77. The number of nitrogens with zero attached hydrogens (tertiary/aromatic N) is 3. The van der Waals surface area contributed by atoms with Gasteiger partial charge in [-0.15, -0.1) is 0 Å². The number of pyridine rings is 1. The average molecular weight is 460 g/mol. The molecule has 3 aromatic rings. The molecule has 170 valence electrons. The molecule has 1 saturated heterocycles. The van der Waals surface area contributed by atoms with Crippen molar-refractivity contribution in [3.05, 3.63) is 84.4 Å². The highest BCUT2D eigenvalue weighted by Gasteiger charge is 2.41. The van der Waals surface area contributed by atoms with E-state index in [0.717, 1.165) is 11.4 Å². The van der Waals surface area contributed by atoms with Gasteiger partial charge in [0.15, 0.2) is 5.11 Å². The molecular weight excluding hydrogens is 430 g/mol. The first kappa shape index (κ1) is 21.6. The number of rotatable bonds is 7. The second kappa shape index (κ2) is 9.75. The molecule has 1 aliphatic carbocycles. The van der Waals surface area contributed by atoms with Crippen molar-refractivity contribution < 1.29 is 4.79 Å². The Kier molecular flexibility index (Phi) is 6.39. The van der Waals surface area contributed by atoms with Gasteiger partial charge in [-0.05, 0) is 61.5 Å². The van der Waals surface area contributed by atoms with E-state index in [0.29, 0.717) is 24.1 Å². The van der Waals surface area contributed by atoms with E-state index >= 15 is 0 Å². The Labute approximate surface area is 200 Å². The Morgan fingerprint density at radius 1 is 1.06 bits per heavy atom. The number of carbonyl (C=O) groups excluding carboxylic acids is 1. The summed E-state index contributed by atoms with van der Waals surface area (Å²) in [6.45, 7) is 0.536. The van der Waals surface area contributed by atoms with E-state index in [1.54, 1.807) is 0 Å². The number of amides is 1. The Morgan fingerprint density at radius 3 is 2.61 bits per heavy atom. The second-order valence-electron chi connectivity index (χ2n) is 8.76. The molecule has 6 nitrogen and oxygen atoms in total. The molecule has 0 unspecified atom stereocenters. The Hall–Kier alpha value is -3.19. The van der Waals surface area contributed by atoms with Gasteiger partial charge in [-0.25, -0.2) is 0 Å². The largest absolute Gasteiger partial charge is 0.352 e. The summed E-state index contributed by atoms with van der Waals surface area (Å²) in [6.07, 6.45) is 9.34. The standard InChI is InChI=1S/C26H29N5OS/c32-23(28-19-9-2-1-3-10-19)15-18-31-25(22-14-8-17-30(22)20-11-4-5-12-20)24(29-26(31)33)21-13-6-7-16-27-21/h1-3,6-10,13-14,16-17,20,24-25H,4-5,11-12,15,18H2,(H,28,32)(H,29,33)/t24-,25-/m0/s1. The van der Waals surface area contributed by atoms with Gasteiger partial charge in [0, 0.05) is 42.8 Å². The summed E-state index contributed by atoms with van der Waals surface area (Å²) in [7, 11) is 0. The lowest BCUT2D eigenvalue weighted by Gasteiger charge is -2.30. The van der Waals surface area contributed by atoms with Gasteiger partial charge >= 0.3 is 0 Å². The molecule has 2 atom stereocenters. The summed E-state index contributed by atoms with van der Waals surface area (Å²) in [4.78, 5) is 19.5. The zero-order chi connectivity index (χ0) is 22.6. The molecule has 1 amide bonds. The quantitative estimate of drug-likeness (QED) is 0.487. The van der Waals surface area contributed by atoms with Crippen molar-refractivity contribution >= 4 is 28.9 Å². The molecule has 2 aromatic heterocycles. The maximum Gasteiger partial charge on any atom is 0.226 e. The zero-order valence-corrected chi connectivity index (χ0v) is 19.4. The van der Waals surface area contributed by atoms with Crippen LogP contribution in [0.3, 0.4) is 0 Å². The van der Waals surface area contributed by atoms with E-state index in [9.17, 15) is 4.79 Å². The highest BCUT2D eigenvalue weighted by Crippen LogP contribution is 2.41. The molecule has 0 spiro atoms. The summed E-state index contributed by atoms with van der Waals surface area (Å²) < 4.78 is 2.43. The maximum atomic E-state index is 12.7. The summed E-state index contributed by atoms with van der Waals surface area (Å²) in [5, 5.41) is 7.15. The molecule has 1 aliphatic heterocycles. The van der Waals surface area contributed by atoms with Gasteiger partial charge in [0.25, 0.3) is 0 Å². The molecular formula is C26H29N5OS. The minimum atomic E-state index is -0.0639. The molecule has 2 fully saturated rings. The van der Waals surface area contributed by atoms with Crippen LogP contribution in [-0.2, 0) is 4.79 Å². The normalized spacial score (nSPS) is 20.7. The smallest absolute Gasteiger partial charge is 0.226 e. The Balaban J connectivity index is 1.40. The maximum absolute atomic E-state index is 12.7. The van der Waals surface area contributed by atoms with Gasteiger partial charge < -0.3 is 20.1 Å². The van der Waals surface area contributed by atoms with Gasteiger partial charge in [-0.1, -0.05) is 37.1 Å². The molecule has 0 bridgehead atoms. The monoisotopic (exact) mass is 459 g/mol. The molecule has 33 heavy (non-hydrogen) atoms. The highest BCUT2D eigenvalue weighted by molar-refractivity contribution is 7.80. The lowest BCUT2D eigenvalue weighted by molar-refractivity contribution is -0.116. The number of carbonyl (C=O) groups is 1. The first-order chi connectivity index (χ1) is 16.2. The third-order valence-corrected chi connectivity index (χ3v) is 7.02. The summed E-state index contributed by atoms with van der Waals surface area (Å²) in [5.41, 5.74) is 3.00. The van der Waals surface area contributed by atoms with Crippen LogP contribution in [0.5, 0.6) is 0 Å². The fourth-order valence-electron chi connectivity index (χ4n) is 5.11. The van der Waals surface area contributed by atoms with E-state index in [1.807, 2.05) is 54.7 Å². The third-order valence-electron chi connectivity index (χ3n) is 6.67. The van der Waals surface area contributed by atoms with Crippen molar-refractivity contribution in [1.82, 2.24) is 19.8 Å². The van der Waals surface area contributed by atoms with E-state index in [2.05, 4.69) is 43.4 Å². The molecule has 7 heteroatoms. The van der Waals surface area contributed by atoms with Crippen LogP contribution in [0.2, 0.25) is 0 Å². The highest BCUT2D eigenvalue weighted by atomic mass is 32.1. The number of thiocarbonyl (C=S) groups is 1. The average Bonchev–Trinajstić information content (AvgIpc) is 3.59. The van der Waals surface area contributed by atoms with Crippen molar-refractivity contribution in [3.63, 3.8) is 0 Å². The van der Waals surface area contributed by atoms with E-state index < -0.39 is 0 Å². The van der Waals surface area contributed by atoms with Crippen LogP contribution >= 0.6 is 12.2 Å². The van der Waals surface area contributed by atoms with Crippen LogP contribution in [0.1, 0.15) is 61.6 Å². The zero-order valence-electron chi connectivity index (χ0n) is 18.6. The minimum Gasteiger partial charge on any atom is -0.352 e. The Bertz CT molecular complexity index is 1090. The van der Waals surface area contributed by atoms with Gasteiger partial charge in [-0.3, -0.25) is 9.78 Å². The lowest BCUT2D eigenvalue weighted by atomic mass is 10.0. The predicted molar refractivity (Wildman–Crippen MR) is 134 cm³/mol. The predicted octanol–water partition coefficient (Wildman–Crippen LogP) is 5.00. The SMILES string of the molecule is O=C(CCN1C(=S)N[C@@H](c2ccccn2)[C@@H]1c1cccn1C1CCCC1)Nc1ccccc1. The third kappa shape index (κ3) is 4.64. The number of aromatic nitrogens is 2. The first-order valence-electron chi connectivity index (χ1n) is 11.7. The molecule has 1 saturated carbocycles. The van der Waals surface area contributed by atoms with Crippen molar-refractivity contribution in [2.75, 3.05) is 11.9 Å². The fraction of sp³-hybridized carbons (Fsp3) is 0.346. The number of hydrogen-bond donors (Lipinski definition) is 2. The van der Waals surface area contributed by atoms with Crippen LogP contribution in [0.4, 0.5) is 5.69 Å². The van der Waals surface area contributed by atoms with Crippen molar-refractivity contribution in [2.24, 2.45) is 0 Å². The number of nitrogens with one attached hydrogen (secondary N) is 2. The van der Waals surface area contributed by atoms with E-state index in [-0.39, 0.29) is 18.0 Å². The van der Waals surface area contributed by atoms with E-state index in [1.165, 1.54) is 31.4 Å². The van der Waals surface area contributed by atoms with E-state index in [4.69, 9.17) is 12.2 Å². The van der Waals surface area contributed by atoms with Gasteiger partial charge in [0.2, 0.25) is 5.91 Å². The van der Waals surface area contributed by atoms with Crippen LogP contribution in [0, 0.1) is 0 Å². The van der Waals surface area contributed by atoms with Gasteiger partial charge in [0.05, 0.1) is 17.8 Å². The molecule has 5 rings (SSSR count). The van der Waals surface area contributed by atoms with Crippen molar-refractivity contribution in [2.45, 2.75) is 50.2 Å². The van der Waals surface area contributed by atoms with Crippen molar-refractivity contribution in [3.8, 4) is 0 Å². The molecule has 3 heterocycles. The van der Waals surface area contributed by atoms with Crippen molar-refractivity contribution in [1.29, 1.82) is 0 Å². The van der Waals surface area contributed by atoms with Crippen LogP contribution in [0.25, 0.3) is 0 Å². The second-order valence-corrected chi connectivity index (χ2v) is 9.15. The van der Waals surface area contributed by atoms with Crippen LogP contribution in [0.15, 0.2) is 73.1 Å². The summed E-state index contributed by atoms with van der Waals surface area (Å²) in [5.74, 6) is -0.0183. The molecule has 2 N–H and O–H groups in total. The Morgan fingerprint density at radius 2 is 1.85 bits per heavy atom. The number of hydrogen-bond acceptors (Lipinski definition) is 3. The van der Waals surface area contributed by atoms with Gasteiger partial charge in [0.1, 0.15) is 0 Å².